The van der Waals surface area contributed by atoms with E-state index >= 15 is 0 Å². The van der Waals surface area contributed by atoms with Gasteiger partial charge in [0.25, 0.3) is 5.91 Å². The Morgan fingerprint density at radius 2 is 1.79 bits per heavy atom. The van der Waals surface area contributed by atoms with Gasteiger partial charge in [-0.25, -0.2) is 4.68 Å². The number of ether oxygens (including phenoxy) is 1. The van der Waals surface area contributed by atoms with Crippen LogP contribution in [0.5, 0.6) is 5.75 Å². The molecule has 7 heteroatoms. The molecule has 29 heavy (non-hydrogen) atoms. The van der Waals surface area contributed by atoms with Crippen LogP contribution < -0.4 is 10.1 Å². The molecule has 3 aromatic carbocycles. The van der Waals surface area contributed by atoms with E-state index in [1.165, 1.54) is 0 Å². The van der Waals surface area contributed by atoms with E-state index in [0.717, 1.165) is 16.9 Å². The molecule has 1 amide bonds. The summed E-state index contributed by atoms with van der Waals surface area (Å²) in [5, 5.41) is 14.3. The minimum Gasteiger partial charge on any atom is -0.489 e. The van der Waals surface area contributed by atoms with Gasteiger partial charge in [-0.15, -0.1) is 5.10 Å². The van der Waals surface area contributed by atoms with Gasteiger partial charge in [-0.2, -0.15) is 0 Å². The zero-order valence-electron chi connectivity index (χ0n) is 15.8. The maximum Gasteiger partial charge on any atom is 0.255 e. The molecule has 1 N–H and O–H groups in total. The summed E-state index contributed by atoms with van der Waals surface area (Å²) in [6.07, 6.45) is 0. The first kappa shape index (κ1) is 18.4. The molecule has 0 bridgehead atoms. The van der Waals surface area contributed by atoms with Gasteiger partial charge in [-0.05, 0) is 52.4 Å². The van der Waals surface area contributed by atoms with E-state index in [0.29, 0.717) is 23.7 Å². The highest BCUT2D eigenvalue weighted by molar-refractivity contribution is 6.04. The fourth-order valence-electron chi connectivity index (χ4n) is 2.85. The van der Waals surface area contributed by atoms with Crippen LogP contribution in [0.25, 0.3) is 11.4 Å². The summed E-state index contributed by atoms with van der Waals surface area (Å²) in [7, 11) is 1.75. The van der Waals surface area contributed by atoms with E-state index in [-0.39, 0.29) is 5.91 Å². The first-order valence-corrected chi connectivity index (χ1v) is 9.10. The van der Waals surface area contributed by atoms with E-state index in [1.54, 1.807) is 29.9 Å². The molecule has 1 aromatic heterocycles. The third-order valence-electron chi connectivity index (χ3n) is 4.36. The number of anilines is 1. The number of aromatic nitrogens is 4. The van der Waals surface area contributed by atoms with Gasteiger partial charge in [0.1, 0.15) is 12.4 Å². The maximum absolute atomic E-state index is 12.6. The Morgan fingerprint density at radius 3 is 2.52 bits per heavy atom. The smallest absolute Gasteiger partial charge is 0.255 e. The average molecular weight is 385 g/mol. The summed E-state index contributed by atoms with van der Waals surface area (Å²) in [6, 6.07) is 24.4. The predicted octanol–water partition coefficient (Wildman–Crippen LogP) is 3.71. The highest BCUT2D eigenvalue weighted by atomic mass is 16.5. The number of benzene rings is 3. The Balaban J connectivity index is 1.40. The van der Waals surface area contributed by atoms with Gasteiger partial charge in [0.2, 0.25) is 0 Å². The molecule has 0 aliphatic heterocycles. The molecular weight excluding hydrogens is 366 g/mol. The molecule has 7 nitrogen and oxygen atoms in total. The molecule has 0 aliphatic carbocycles. The van der Waals surface area contributed by atoms with Crippen molar-refractivity contribution in [3.8, 4) is 17.1 Å². The summed E-state index contributed by atoms with van der Waals surface area (Å²) >= 11 is 0. The standard InChI is InChI=1S/C22H19N5O2/c1-27-21(24-25-26-27)17-8-5-9-18(14-17)22(28)23-19-10-12-20(13-11-19)29-15-16-6-3-2-4-7-16/h2-14H,15H2,1H3,(H,23,28). The topological polar surface area (TPSA) is 81.9 Å². The van der Waals surface area contributed by atoms with Gasteiger partial charge in [-0.1, -0.05) is 42.5 Å². The molecule has 0 unspecified atom stereocenters. The number of rotatable bonds is 6. The van der Waals surface area contributed by atoms with Crippen molar-refractivity contribution in [2.45, 2.75) is 6.61 Å². The minimum absolute atomic E-state index is 0.208. The molecule has 144 valence electrons. The Morgan fingerprint density at radius 1 is 1.00 bits per heavy atom. The number of hydrogen-bond acceptors (Lipinski definition) is 5. The van der Waals surface area contributed by atoms with Crippen LogP contribution in [-0.2, 0) is 13.7 Å². The van der Waals surface area contributed by atoms with E-state index in [2.05, 4.69) is 20.8 Å². The molecule has 0 radical (unpaired) electrons. The van der Waals surface area contributed by atoms with Crippen molar-refractivity contribution < 1.29 is 9.53 Å². The second kappa shape index (κ2) is 8.35. The molecular formula is C22H19N5O2. The number of carbonyl (C=O) groups is 1. The van der Waals surface area contributed by atoms with Gasteiger partial charge in [0, 0.05) is 23.9 Å². The molecule has 4 rings (SSSR count). The van der Waals surface area contributed by atoms with Crippen LogP contribution in [0, 0.1) is 0 Å². The monoisotopic (exact) mass is 385 g/mol. The fraction of sp³-hybridized carbons (Fsp3) is 0.0909. The van der Waals surface area contributed by atoms with E-state index in [9.17, 15) is 4.79 Å². The van der Waals surface area contributed by atoms with E-state index < -0.39 is 0 Å². The fourth-order valence-corrected chi connectivity index (χ4v) is 2.85. The van der Waals surface area contributed by atoms with Crippen molar-refractivity contribution in [1.82, 2.24) is 20.2 Å². The van der Waals surface area contributed by atoms with Crippen LogP contribution in [0.4, 0.5) is 5.69 Å². The highest BCUT2D eigenvalue weighted by Gasteiger charge is 2.11. The average Bonchev–Trinajstić information content (AvgIpc) is 3.20. The van der Waals surface area contributed by atoms with Crippen molar-refractivity contribution in [2.75, 3.05) is 5.32 Å². The third kappa shape index (κ3) is 4.47. The molecule has 0 spiro atoms. The summed E-state index contributed by atoms with van der Waals surface area (Å²) in [6.45, 7) is 0.496. The van der Waals surface area contributed by atoms with Crippen LogP contribution in [0.15, 0.2) is 78.9 Å². The summed E-state index contributed by atoms with van der Waals surface area (Å²) in [5.74, 6) is 1.13. The van der Waals surface area contributed by atoms with Crippen LogP contribution in [-0.4, -0.2) is 26.1 Å². The van der Waals surface area contributed by atoms with Crippen molar-refractivity contribution in [3.05, 3.63) is 90.0 Å². The van der Waals surface area contributed by atoms with Crippen molar-refractivity contribution in [1.29, 1.82) is 0 Å². The van der Waals surface area contributed by atoms with E-state index in [4.69, 9.17) is 4.74 Å². The van der Waals surface area contributed by atoms with Gasteiger partial charge >= 0.3 is 0 Å². The van der Waals surface area contributed by atoms with Crippen molar-refractivity contribution >= 4 is 11.6 Å². The van der Waals surface area contributed by atoms with E-state index in [1.807, 2.05) is 60.7 Å². The molecule has 0 atom stereocenters. The quantitative estimate of drug-likeness (QED) is 0.547. The van der Waals surface area contributed by atoms with Gasteiger partial charge < -0.3 is 10.1 Å². The second-order valence-electron chi connectivity index (χ2n) is 6.46. The summed E-state index contributed by atoms with van der Waals surface area (Å²) in [5.41, 5.74) is 3.08. The first-order valence-electron chi connectivity index (χ1n) is 9.10. The third-order valence-corrected chi connectivity index (χ3v) is 4.36. The zero-order chi connectivity index (χ0) is 20.1. The second-order valence-corrected chi connectivity index (χ2v) is 6.46. The van der Waals surface area contributed by atoms with Crippen LogP contribution >= 0.6 is 0 Å². The number of amides is 1. The number of tetrazole rings is 1. The lowest BCUT2D eigenvalue weighted by Crippen LogP contribution is -2.12. The minimum atomic E-state index is -0.208. The Labute approximate surface area is 168 Å². The number of nitrogens with zero attached hydrogens (tertiary/aromatic N) is 4. The molecule has 0 fully saturated rings. The predicted molar refractivity (Wildman–Crippen MR) is 109 cm³/mol. The van der Waals surface area contributed by atoms with Crippen LogP contribution in [0.3, 0.4) is 0 Å². The highest BCUT2D eigenvalue weighted by Crippen LogP contribution is 2.20. The normalized spacial score (nSPS) is 10.5. The number of aryl methyl sites for hydroxylation is 1. The van der Waals surface area contributed by atoms with Crippen molar-refractivity contribution in [2.24, 2.45) is 7.05 Å². The first-order chi connectivity index (χ1) is 14.2. The Hall–Kier alpha value is -4.00. The lowest BCUT2D eigenvalue weighted by molar-refractivity contribution is 0.102. The van der Waals surface area contributed by atoms with Crippen molar-refractivity contribution in [3.63, 3.8) is 0 Å². The molecule has 4 aromatic rings. The van der Waals surface area contributed by atoms with Gasteiger partial charge in [-0.3, -0.25) is 4.79 Å². The SMILES string of the molecule is Cn1nnnc1-c1cccc(C(=O)Nc2ccc(OCc3ccccc3)cc2)c1. The molecule has 0 saturated heterocycles. The van der Waals surface area contributed by atoms with Gasteiger partial charge in [0.05, 0.1) is 0 Å². The summed E-state index contributed by atoms with van der Waals surface area (Å²) in [4.78, 5) is 12.6. The van der Waals surface area contributed by atoms with Gasteiger partial charge in [0.15, 0.2) is 5.82 Å². The van der Waals surface area contributed by atoms with Crippen LogP contribution in [0.2, 0.25) is 0 Å². The molecule has 0 saturated carbocycles. The Bertz CT molecular complexity index is 1110. The maximum atomic E-state index is 12.6. The zero-order valence-corrected chi connectivity index (χ0v) is 15.8. The molecule has 0 aliphatic rings. The van der Waals surface area contributed by atoms with Crippen LogP contribution in [0.1, 0.15) is 15.9 Å². The molecule has 1 heterocycles. The summed E-state index contributed by atoms with van der Waals surface area (Å²) < 4.78 is 7.33. The Kier molecular flexibility index (Phi) is 5.29. The lowest BCUT2D eigenvalue weighted by atomic mass is 10.1. The number of hydrogen-bond donors (Lipinski definition) is 1. The number of carbonyl (C=O) groups excluding carboxylic acids is 1. The number of nitrogens with one attached hydrogen (secondary N) is 1. The largest absolute Gasteiger partial charge is 0.489 e. The lowest BCUT2D eigenvalue weighted by Gasteiger charge is -2.09.